The van der Waals surface area contributed by atoms with Crippen molar-refractivity contribution in [2.45, 2.75) is 32.4 Å². The van der Waals surface area contributed by atoms with Crippen molar-refractivity contribution in [2.75, 3.05) is 18.0 Å². The van der Waals surface area contributed by atoms with E-state index in [0.29, 0.717) is 29.8 Å². The third-order valence-corrected chi connectivity index (χ3v) is 7.03. The molecule has 3 amide bonds. The molecule has 6 nitrogen and oxygen atoms in total. The number of amides is 3. The Balaban J connectivity index is 1.50. The lowest BCUT2D eigenvalue weighted by Crippen LogP contribution is -2.53. The second-order valence-corrected chi connectivity index (χ2v) is 9.72. The standard InChI is InChI=1S/C32H30FN3O3/c1-2-18-34-31(38)28(19-22-8-4-3-5-9-22)35(20-23-14-16-25(33)17-15-23)29(37)21-36-27-13-7-11-24-10-6-12-26(30(24)27)32(36)39/h3-17,28H,2,18-21H2,1H3,(H,34,38). The predicted octanol–water partition coefficient (Wildman–Crippen LogP) is 5.11. The van der Waals surface area contributed by atoms with E-state index in [9.17, 15) is 18.8 Å². The van der Waals surface area contributed by atoms with Crippen molar-refractivity contribution in [3.63, 3.8) is 0 Å². The van der Waals surface area contributed by atoms with Crippen molar-refractivity contribution in [3.05, 3.63) is 114 Å². The van der Waals surface area contributed by atoms with Gasteiger partial charge in [-0.3, -0.25) is 19.3 Å². The van der Waals surface area contributed by atoms with Gasteiger partial charge in [0.15, 0.2) is 0 Å². The largest absolute Gasteiger partial charge is 0.354 e. The molecule has 0 saturated carbocycles. The van der Waals surface area contributed by atoms with E-state index >= 15 is 0 Å². The fraction of sp³-hybridized carbons (Fsp3) is 0.219. The number of hydrogen-bond acceptors (Lipinski definition) is 3. The normalized spacial score (nSPS) is 13.0. The Labute approximate surface area is 227 Å². The van der Waals surface area contributed by atoms with Crippen molar-refractivity contribution >= 4 is 34.2 Å². The van der Waals surface area contributed by atoms with Gasteiger partial charge in [0.1, 0.15) is 18.4 Å². The molecule has 0 aromatic heterocycles. The first kappa shape index (κ1) is 26.1. The Bertz CT molecular complexity index is 1500. The summed E-state index contributed by atoms with van der Waals surface area (Å²) in [5.74, 6) is -1.27. The first-order chi connectivity index (χ1) is 19.0. The minimum atomic E-state index is -0.827. The Morgan fingerprint density at radius 1 is 0.897 bits per heavy atom. The van der Waals surface area contributed by atoms with E-state index in [1.165, 1.54) is 21.9 Å². The van der Waals surface area contributed by atoms with Gasteiger partial charge in [0, 0.05) is 30.5 Å². The van der Waals surface area contributed by atoms with E-state index in [4.69, 9.17) is 0 Å². The molecular formula is C32H30FN3O3. The van der Waals surface area contributed by atoms with Crippen molar-refractivity contribution in [2.24, 2.45) is 0 Å². The Morgan fingerprint density at radius 2 is 1.62 bits per heavy atom. The van der Waals surface area contributed by atoms with Gasteiger partial charge in [-0.15, -0.1) is 0 Å². The molecule has 0 saturated heterocycles. The second kappa shape index (κ2) is 11.5. The maximum Gasteiger partial charge on any atom is 0.259 e. The Morgan fingerprint density at radius 3 is 2.33 bits per heavy atom. The topological polar surface area (TPSA) is 69.7 Å². The summed E-state index contributed by atoms with van der Waals surface area (Å²) < 4.78 is 13.7. The van der Waals surface area contributed by atoms with E-state index in [-0.39, 0.29) is 36.6 Å². The van der Waals surface area contributed by atoms with E-state index in [2.05, 4.69) is 5.32 Å². The molecule has 198 valence electrons. The predicted molar refractivity (Wildman–Crippen MR) is 150 cm³/mol. The summed E-state index contributed by atoms with van der Waals surface area (Å²) >= 11 is 0. The fourth-order valence-corrected chi connectivity index (χ4v) is 5.07. The zero-order valence-electron chi connectivity index (χ0n) is 21.8. The molecule has 1 unspecified atom stereocenters. The number of rotatable bonds is 10. The van der Waals surface area contributed by atoms with Gasteiger partial charge in [-0.05, 0) is 47.2 Å². The van der Waals surface area contributed by atoms with Crippen LogP contribution in [0.5, 0.6) is 0 Å². The first-order valence-corrected chi connectivity index (χ1v) is 13.2. The van der Waals surface area contributed by atoms with Crippen LogP contribution in [0.3, 0.4) is 0 Å². The number of anilines is 1. The van der Waals surface area contributed by atoms with Crippen molar-refractivity contribution in [1.82, 2.24) is 10.2 Å². The molecule has 0 radical (unpaired) electrons. The smallest absolute Gasteiger partial charge is 0.259 e. The van der Waals surface area contributed by atoms with Gasteiger partial charge in [-0.25, -0.2) is 4.39 Å². The summed E-state index contributed by atoms with van der Waals surface area (Å²) in [6.07, 6.45) is 1.05. The summed E-state index contributed by atoms with van der Waals surface area (Å²) in [6, 6.07) is 25.8. The zero-order chi connectivity index (χ0) is 27.4. The average Bonchev–Trinajstić information content (AvgIpc) is 3.23. The molecule has 4 aromatic rings. The summed E-state index contributed by atoms with van der Waals surface area (Å²) in [7, 11) is 0. The van der Waals surface area contributed by atoms with Crippen molar-refractivity contribution < 1.29 is 18.8 Å². The highest BCUT2D eigenvalue weighted by atomic mass is 19.1. The van der Waals surface area contributed by atoms with Crippen LogP contribution in [0.15, 0.2) is 91.0 Å². The summed E-state index contributed by atoms with van der Waals surface area (Å²) in [4.78, 5) is 44.0. The highest BCUT2D eigenvalue weighted by molar-refractivity contribution is 6.26. The van der Waals surface area contributed by atoms with Gasteiger partial charge >= 0.3 is 0 Å². The third kappa shape index (κ3) is 5.53. The van der Waals surface area contributed by atoms with Gasteiger partial charge in [-0.1, -0.05) is 73.7 Å². The lowest BCUT2D eigenvalue weighted by molar-refractivity contribution is -0.140. The molecule has 1 aliphatic heterocycles. The Hall–Kier alpha value is -4.52. The number of nitrogens with one attached hydrogen (secondary N) is 1. The van der Waals surface area contributed by atoms with Gasteiger partial charge in [0.25, 0.3) is 5.91 Å². The molecule has 4 aromatic carbocycles. The Kier molecular flexibility index (Phi) is 7.68. The van der Waals surface area contributed by atoms with E-state index < -0.39 is 6.04 Å². The molecule has 1 N–H and O–H groups in total. The number of hydrogen-bond donors (Lipinski definition) is 1. The quantitative estimate of drug-likeness (QED) is 0.314. The van der Waals surface area contributed by atoms with E-state index in [1.54, 1.807) is 18.2 Å². The minimum Gasteiger partial charge on any atom is -0.354 e. The van der Waals surface area contributed by atoms with Crippen LogP contribution in [-0.4, -0.2) is 41.8 Å². The van der Waals surface area contributed by atoms with Gasteiger partial charge in [-0.2, -0.15) is 0 Å². The fourth-order valence-electron chi connectivity index (χ4n) is 5.07. The van der Waals surface area contributed by atoms with Crippen LogP contribution in [-0.2, 0) is 22.6 Å². The van der Waals surface area contributed by atoms with Gasteiger partial charge < -0.3 is 10.2 Å². The first-order valence-electron chi connectivity index (χ1n) is 13.2. The van der Waals surface area contributed by atoms with Crippen LogP contribution in [0.2, 0.25) is 0 Å². The molecule has 0 fully saturated rings. The molecule has 7 heteroatoms. The SMILES string of the molecule is CCCNC(=O)C(Cc1ccccc1)N(Cc1ccc(F)cc1)C(=O)CN1C(=O)c2cccc3cccc1c23. The van der Waals surface area contributed by atoms with Crippen LogP contribution in [0, 0.1) is 5.82 Å². The minimum absolute atomic E-state index is 0.0926. The van der Waals surface area contributed by atoms with Crippen LogP contribution in [0.25, 0.3) is 10.8 Å². The molecule has 1 atom stereocenters. The van der Waals surface area contributed by atoms with E-state index in [0.717, 1.165) is 22.8 Å². The zero-order valence-corrected chi connectivity index (χ0v) is 21.8. The maximum absolute atomic E-state index is 14.1. The number of nitrogens with zero attached hydrogens (tertiary/aromatic N) is 2. The molecule has 0 aliphatic carbocycles. The summed E-state index contributed by atoms with van der Waals surface area (Å²) in [6.45, 7) is 2.31. The highest BCUT2D eigenvalue weighted by Gasteiger charge is 2.35. The van der Waals surface area contributed by atoms with Crippen molar-refractivity contribution in [1.29, 1.82) is 0 Å². The van der Waals surface area contributed by atoms with Crippen LogP contribution >= 0.6 is 0 Å². The monoisotopic (exact) mass is 523 g/mol. The van der Waals surface area contributed by atoms with E-state index in [1.807, 2.05) is 67.6 Å². The summed E-state index contributed by atoms with van der Waals surface area (Å²) in [5.41, 5.74) is 2.82. The highest BCUT2D eigenvalue weighted by Crippen LogP contribution is 2.37. The molecule has 5 rings (SSSR count). The third-order valence-electron chi connectivity index (χ3n) is 7.03. The van der Waals surface area contributed by atoms with Crippen LogP contribution in [0.1, 0.15) is 34.8 Å². The lowest BCUT2D eigenvalue weighted by atomic mass is 10.0. The van der Waals surface area contributed by atoms with Crippen molar-refractivity contribution in [3.8, 4) is 0 Å². The molecule has 1 aliphatic rings. The van der Waals surface area contributed by atoms with Crippen LogP contribution in [0.4, 0.5) is 10.1 Å². The van der Waals surface area contributed by atoms with Crippen LogP contribution < -0.4 is 10.2 Å². The molecular weight excluding hydrogens is 493 g/mol. The maximum atomic E-state index is 14.1. The number of carbonyl (C=O) groups excluding carboxylic acids is 3. The lowest BCUT2D eigenvalue weighted by Gasteiger charge is -2.33. The second-order valence-electron chi connectivity index (χ2n) is 9.72. The molecule has 1 heterocycles. The number of benzene rings is 4. The molecule has 0 spiro atoms. The molecule has 0 bridgehead atoms. The average molecular weight is 524 g/mol. The van der Waals surface area contributed by atoms with Gasteiger partial charge in [0.2, 0.25) is 11.8 Å². The summed E-state index contributed by atoms with van der Waals surface area (Å²) in [5, 5.41) is 4.69. The number of carbonyl (C=O) groups is 3. The van der Waals surface area contributed by atoms with Gasteiger partial charge in [0.05, 0.1) is 5.69 Å². The molecule has 39 heavy (non-hydrogen) atoms. The number of halogens is 1.